The summed E-state index contributed by atoms with van der Waals surface area (Å²) in [5.74, 6) is 0.331. The Kier molecular flexibility index (Phi) is 2.82. The molecule has 0 bridgehead atoms. The lowest BCUT2D eigenvalue weighted by atomic mass is 10.1. The topological polar surface area (TPSA) is 60.1 Å². The number of aryl methyl sites for hydroxylation is 3. The maximum atomic E-state index is 12.3. The molecular formula is C15H15N3O2. The summed E-state index contributed by atoms with van der Waals surface area (Å²) in [5.41, 5.74) is 2.95. The van der Waals surface area contributed by atoms with Gasteiger partial charge in [0.25, 0.3) is 5.91 Å². The van der Waals surface area contributed by atoms with Crippen molar-refractivity contribution in [3.05, 3.63) is 47.5 Å². The van der Waals surface area contributed by atoms with Crippen LogP contribution in [-0.4, -0.2) is 15.6 Å². The zero-order chi connectivity index (χ0) is 14.3. The van der Waals surface area contributed by atoms with E-state index in [2.05, 4.69) is 10.5 Å². The van der Waals surface area contributed by atoms with Crippen LogP contribution in [0.1, 0.15) is 21.8 Å². The molecule has 0 unspecified atom stereocenters. The van der Waals surface area contributed by atoms with Crippen molar-refractivity contribution in [2.45, 2.75) is 13.8 Å². The Labute approximate surface area is 116 Å². The summed E-state index contributed by atoms with van der Waals surface area (Å²) in [4.78, 5) is 12.3. The molecule has 3 aromatic rings. The summed E-state index contributed by atoms with van der Waals surface area (Å²) in [6, 6.07) is 7.81. The highest BCUT2D eigenvalue weighted by atomic mass is 16.5. The summed E-state index contributed by atoms with van der Waals surface area (Å²) in [6.45, 7) is 3.49. The lowest BCUT2D eigenvalue weighted by Gasteiger charge is -2.07. The fraction of sp³-hybridized carbons (Fsp3) is 0.200. The number of fused-ring (bicyclic) bond motifs is 1. The molecule has 0 aliphatic rings. The van der Waals surface area contributed by atoms with Gasteiger partial charge in [0.2, 0.25) is 0 Å². The minimum atomic E-state index is -0.197. The summed E-state index contributed by atoms with van der Waals surface area (Å²) in [7, 11) is 1.97. The molecule has 2 aromatic heterocycles. The van der Waals surface area contributed by atoms with Crippen molar-refractivity contribution < 1.29 is 9.32 Å². The van der Waals surface area contributed by atoms with E-state index in [1.54, 1.807) is 13.8 Å². The van der Waals surface area contributed by atoms with E-state index in [1.807, 2.05) is 42.1 Å². The summed E-state index contributed by atoms with van der Waals surface area (Å²) >= 11 is 0. The number of carbonyl (C=O) groups is 1. The quantitative estimate of drug-likeness (QED) is 0.777. The van der Waals surface area contributed by atoms with Crippen LogP contribution in [0.25, 0.3) is 10.9 Å². The van der Waals surface area contributed by atoms with Gasteiger partial charge in [0, 0.05) is 24.1 Å². The van der Waals surface area contributed by atoms with E-state index in [-0.39, 0.29) is 5.91 Å². The van der Waals surface area contributed by atoms with Gasteiger partial charge in [-0.1, -0.05) is 11.2 Å². The molecule has 0 aliphatic carbocycles. The van der Waals surface area contributed by atoms with Crippen LogP contribution in [0.5, 0.6) is 0 Å². The third-order valence-electron chi connectivity index (χ3n) is 3.44. The van der Waals surface area contributed by atoms with Crippen LogP contribution in [0.2, 0.25) is 0 Å². The Hall–Kier alpha value is -2.56. The predicted molar refractivity (Wildman–Crippen MR) is 76.8 cm³/mol. The smallest absolute Gasteiger partial charge is 0.261 e. The van der Waals surface area contributed by atoms with Crippen molar-refractivity contribution in [3.63, 3.8) is 0 Å². The normalized spacial score (nSPS) is 10.9. The first-order valence-electron chi connectivity index (χ1n) is 6.36. The third-order valence-corrected chi connectivity index (χ3v) is 3.44. The van der Waals surface area contributed by atoms with Crippen molar-refractivity contribution in [2.24, 2.45) is 7.05 Å². The summed E-state index contributed by atoms with van der Waals surface area (Å²) in [5, 5.41) is 7.74. The number of aromatic nitrogens is 2. The number of rotatable bonds is 2. The molecule has 0 fully saturated rings. The number of hydrogen-bond donors (Lipinski definition) is 1. The standard InChI is InChI=1S/C15H15N3O2/c1-9-14(10(2)20-17-9)15(19)16-12-5-4-6-13-11(12)7-8-18(13)3/h4-8H,1-3H3,(H,16,19). The van der Waals surface area contributed by atoms with Gasteiger partial charge in [0.15, 0.2) is 0 Å². The number of anilines is 1. The molecule has 0 aliphatic heterocycles. The lowest BCUT2D eigenvalue weighted by Crippen LogP contribution is -2.13. The maximum Gasteiger partial charge on any atom is 0.261 e. The highest BCUT2D eigenvalue weighted by molar-refractivity contribution is 6.09. The van der Waals surface area contributed by atoms with Crippen LogP contribution in [0, 0.1) is 13.8 Å². The van der Waals surface area contributed by atoms with Crippen LogP contribution in [0.15, 0.2) is 35.0 Å². The largest absolute Gasteiger partial charge is 0.361 e. The predicted octanol–water partition coefficient (Wildman–Crippen LogP) is 3.04. The first-order valence-corrected chi connectivity index (χ1v) is 6.36. The molecule has 1 amide bonds. The summed E-state index contributed by atoms with van der Waals surface area (Å²) < 4.78 is 7.05. The van der Waals surface area contributed by atoms with Gasteiger partial charge in [-0.15, -0.1) is 0 Å². The van der Waals surface area contributed by atoms with Crippen LogP contribution >= 0.6 is 0 Å². The van der Waals surface area contributed by atoms with E-state index in [0.717, 1.165) is 16.6 Å². The zero-order valence-corrected chi connectivity index (χ0v) is 11.6. The van der Waals surface area contributed by atoms with Crippen LogP contribution in [0.4, 0.5) is 5.69 Å². The van der Waals surface area contributed by atoms with E-state index < -0.39 is 0 Å². The first-order chi connectivity index (χ1) is 9.58. The molecule has 20 heavy (non-hydrogen) atoms. The van der Waals surface area contributed by atoms with E-state index in [4.69, 9.17) is 4.52 Å². The molecule has 0 atom stereocenters. The SMILES string of the molecule is Cc1noc(C)c1C(=O)Nc1cccc2c1ccn2C. The van der Waals surface area contributed by atoms with E-state index >= 15 is 0 Å². The van der Waals surface area contributed by atoms with Gasteiger partial charge < -0.3 is 14.4 Å². The van der Waals surface area contributed by atoms with Gasteiger partial charge in [0.1, 0.15) is 11.3 Å². The number of amides is 1. The molecule has 5 heteroatoms. The second kappa shape index (κ2) is 4.52. The minimum Gasteiger partial charge on any atom is -0.361 e. The average molecular weight is 269 g/mol. The number of carbonyl (C=O) groups excluding carboxylic acids is 1. The average Bonchev–Trinajstić information content (AvgIpc) is 2.95. The fourth-order valence-corrected chi connectivity index (χ4v) is 2.40. The van der Waals surface area contributed by atoms with Crippen molar-refractivity contribution in [1.29, 1.82) is 0 Å². The van der Waals surface area contributed by atoms with Crippen molar-refractivity contribution >= 4 is 22.5 Å². The molecule has 2 heterocycles. The van der Waals surface area contributed by atoms with Crippen molar-refractivity contribution in [3.8, 4) is 0 Å². The second-order valence-corrected chi connectivity index (χ2v) is 4.82. The molecule has 0 saturated carbocycles. The maximum absolute atomic E-state index is 12.3. The van der Waals surface area contributed by atoms with Gasteiger partial charge in [-0.05, 0) is 32.0 Å². The monoisotopic (exact) mass is 269 g/mol. The first kappa shape index (κ1) is 12.5. The van der Waals surface area contributed by atoms with E-state index in [9.17, 15) is 4.79 Å². The van der Waals surface area contributed by atoms with E-state index in [1.165, 1.54) is 0 Å². The van der Waals surface area contributed by atoms with E-state index in [0.29, 0.717) is 17.0 Å². The Morgan fingerprint density at radius 1 is 1.30 bits per heavy atom. The van der Waals surface area contributed by atoms with Crippen LogP contribution < -0.4 is 5.32 Å². The fourth-order valence-electron chi connectivity index (χ4n) is 2.40. The molecule has 0 spiro atoms. The second-order valence-electron chi connectivity index (χ2n) is 4.82. The molecule has 0 saturated heterocycles. The molecule has 0 radical (unpaired) electrons. The Morgan fingerprint density at radius 2 is 2.10 bits per heavy atom. The molecular weight excluding hydrogens is 254 g/mol. The minimum absolute atomic E-state index is 0.197. The molecule has 5 nitrogen and oxygen atoms in total. The Balaban J connectivity index is 2.00. The number of benzene rings is 1. The van der Waals surface area contributed by atoms with Gasteiger partial charge in [-0.25, -0.2) is 0 Å². The molecule has 102 valence electrons. The number of hydrogen-bond acceptors (Lipinski definition) is 3. The van der Waals surface area contributed by atoms with Gasteiger partial charge in [0.05, 0.1) is 11.4 Å². The van der Waals surface area contributed by atoms with Gasteiger partial charge in [-0.2, -0.15) is 0 Å². The highest BCUT2D eigenvalue weighted by Crippen LogP contribution is 2.25. The van der Waals surface area contributed by atoms with Crippen LogP contribution in [-0.2, 0) is 7.05 Å². The zero-order valence-electron chi connectivity index (χ0n) is 11.6. The van der Waals surface area contributed by atoms with Crippen molar-refractivity contribution in [1.82, 2.24) is 9.72 Å². The molecule has 1 aromatic carbocycles. The summed E-state index contributed by atoms with van der Waals surface area (Å²) in [6.07, 6.45) is 1.97. The van der Waals surface area contributed by atoms with Gasteiger partial charge >= 0.3 is 0 Å². The third kappa shape index (κ3) is 1.87. The lowest BCUT2D eigenvalue weighted by molar-refractivity contribution is 0.102. The van der Waals surface area contributed by atoms with Gasteiger partial charge in [-0.3, -0.25) is 4.79 Å². The number of nitrogens with one attached hydrogen (secondary N) is 1. The van der Waals surface area contributed by atoms with Crippen LogP contribution in [0.3, 0.4) is 0 Å². The Morgan fingerprint density at radius 3 is 2.80 bits per heavy atom. The Bertz CT molecular complexity index is 779. The highest BCUT2D eigenvalue weighted by Gasteiger charge is 2.18. The number of nitrogens with zero attached hydrogens (tertiary/aromatic N) is 2. The molecule has 3 rings (SSSR count). The molecule has 1 N–H and O–H groups in total. The van der Waals surface area contributed by atoms with Crippen molar-refractivity contribution in [2.75, 3.05) is 5.32 Å².